The minimum absolute atomic E-state index is 0.181. The molecule has 5 nitrogen and oxygen atoms in total. The lowest BCUT2D eigenvalue weighted by molar-refractivity contribution is -0.135. The average molecular weight is 284 g/mol. The maximum absolute atomic E-state index is 12.0. The number of aliphatic hydroxyl groups is 1. The first-order chi connectivity index (χ1) is 9.66. The smallest absolute Gasteiger partial charge is 0.222 e. The molecule has 2 heterocycles. The lowest BCUT2D eigenvalue weighted by Gasteiger charge is -2.33. The Balaban J connectivity index is 1.58. The van der Waals surface area contributed by atoms with Crippen molar-refractivity contribution in [2.45, 2.75) is 38.7 Å². The van der Waals surface area contributed by atoms with Gasteiger partial charge in [0.05, 0.1) is 19.3 Å². The summed E-state index contributed by atoms with van der Waals surface area (Å²) in [6, 6.07) is 0. The van der Waals surface area contributed by atoms with Gasteiger partial charge in [0.25, 0.3) is 0 Å². The van der Waals surface area contributed by atoms with Crippen LogP contribution < -0.4 is 0 Å². The molecule has 0 aromatic heterocycles. The minimum Gasteiger partial charge on any atom is -0.393 e. The van der Waals surface area contributed by atoms with Crippen LogP contribution in [0, 0.1) is 5.92 Å². The van der Waals surface area contributed by atoms with Gasteiger partial charge in [-0.25, -0.2) is 0 Å². The maximum Gasteiger partial charge on any atom is 0.222 e. The number of nitrogens with zero attached hydrogens (tertiary/aromatic N) is 2. The number of likely N-dealkylation sites (tertiary alicyclic amines) is 1. The number of aliphatic hydroxyl groups excluding tert-OH is 1. The number of hydrogen-bond donors (Lipinski definition) is 1. The second kappa shape index (κ2) is 7.96. The molecular weight excluding hydrogens is 256 g/mol. The minimum atomic E-state index is -0.181. The van der Waals surface area contributed by atoms with E-state index in [0.29, 0.717) is 25.6 Å². The summed E-state index contributed by atoms with van der Waals surface area (Å²) in [5, 5.41) is 9.58. The summed E-state index contributed by atoms with van der Waals surface area (Å²) in [5.41, 5.74) is 0. The molecule has 5 heteroatoms. The number of morpholine rings is 1. The lowest BCUT2D eigenvalue weighted by atomic mass is 9.92. The van der Waals surface area contributed by atoms with Crippen molar-refractivity contribution in [3.8, 4) is 0 Å². The number of ether oxygens (including phenoxy) is 1. The summed E-state index contributed by atoms with van der Waals surface area (Å²) in [6.45, 7) is 7.86. The van der Waals surface area contributed by atoms with E-state index in [4.69, 9.17) is 4.74 Å². The molecule has 116 valence electrons. The fourth-order valence-corrected chi connectivity index (χ4v) is 3.08. The van der Waals surface area contributed by atoms with Crippen LogP contribution in [-0.2, 0) is 9.53 Å². The monoisotopic (exact) mass is 284 g/mol. The van der Waals surface area contributed by atoms with Crippen molar-refractivity contribution in [1.82, 2.24) is 9.80 Å². The lowest BCUT2D eigenvalue weighted by Crippen LogP contribution is -2.41. The zero-order valence-electron chi connectivity index (χ0n) is 12.6. The molecule has 2 aliphatic rings. The number of carbonyl (C=O) groups excluding carboxylic acids is 1. The van der Waals surface area contributed by atoms with Crippen LogP contribution in [-0.4, -0.2) is 72.9 Å². The Kier molecular flexibility index (Phi) is 6.26. The Bertz CT molecular complexity index is 295. The molecule has 0 aliphatic carbocycles. The van der Waals surface area contributed by atoms with Crippen LogP contribution in [0.4, 0.5) is 0 Å². The van der Waals surface area contributed by atoms with E-state index >= 15 is 0 Å². The Labute approximate surface area is 121 Å². The number of carbonyl (C=O) groups is 1. The van der Waals surface area contributed by atoms with E-state index in [1.807, 2.05) is 11.8 Å². The van der Waals surface area contributed by atoms with E-state index in [0.717, 1.165) is 52.0 Å². The SMILES string of the molecule is CC(O)C1CCN(CCCC(=O)N2CCOCC2)CC1. The van der Waals surface area contributed by atoms with Gasteiger partial charge in [0.2, 0.25) is 5.91 Å². The van der Waals surface area contributed by atoms with Crippen LogP contribution in [0.2, 0.25) is 0 Å². The van der Waals surface area contributed by atoms with Crippen molar-refractivity contribution in [2.75, 3.05) is 45.9 Å². The molecule has 0 aromatic carbocycles. The molecule has 1 amide bonds. The van der Waals surface area contributed by atoms with Gasteiger partial charge in [0.1, 0.15) is 0 Å². The predicted octanol–water partition coefficient (Wildman–Crippen LogP) is 0.718. The Morgan fingerprint density at radius 3 is 2.50 bits per heavy atom. The summed E-state index contributed by atoms with van der Waals surface area (Å²) in [5.74, 6) is 0.730. The Hall–Kier alpha value is -0.650. The molecule has 20 heavy (non-hydrogen) atoms. The highest BCUT2D eigenvalue weighted by atomic mass is 16.5. The van der Waals surface area contributed by atoms with Crippen LogP contribution in [0.25, 0.3) is 0 Å². The highest BCUT2D eigenvalue weighted by Crippen LogP contribution is 2.20. The third-order valence-electron chi connectivity index (χ3n) is 4.54. The van der Waals surface area contributed by atoms with Crippen molar-refractivity contribution in [3.05, 3.63) is 0 Å². The van der Waals surface area contributed by atoms with Crippen molar-refractivity contribution in [2.24, 2.45) is 5.92 Å². The summed E-state index contributed by atoms with van der Waals surface area (Å²) in [6.07, 6.45) is 3.57. The van der Waals surface area contributed by atoms with Gasteiger partial charge in [-0.3, -0.25) is 4.79 Å². The van der Waals surface area contributed by atoms with Crippen molar-refractivity contribution < 1.29 is 14.6 Å². The highest BCUT2D eigenvalue weighted by molar-refractivity contribution is 5.76. The summed E-state index contributed by atoms with van der Waals surface area (Å²) in [4.78, 5) is 16.3. The first-order valence-electron chi connectivity index (χ1n) is 7.93. The van der Waals surface area contributed by atoms with Crippen LogP contribution in [0.3, 0.4) is 0 Å². The fourth-order valence-electron chi connectivity index (χ4n) is 3.08. The van der Waals surface area contributed by atoms with Gasteiger partial charge in [-0.1, -0.05) is 0 Å². The molecule has 0 bridgehead atoms. The van der Waals surface area contributed by atoms with Crippen LogP contribution in [0.1, 0.15) is 32.6 Å². The Morgan fingerprint density at radius 2 is 1.90 bits per heavy atom. The van der Waals surface area contributed by atoms with Gasteiger partial charge in [-0.2, -0.15) is 0 Å². The standard InChI is InChI=1S/C15H28N2O3/c1-13(18)14-4-7-16(8-5-14)6-2-3-15(19)17-9-11-20-12-10-17/h13-14,18H,2-12H2,1H3. The van der Waals surface area contributed by atoms with Gasteiger partial charge in [0.15, 0.2) is 0 Å². The molecule has 2 aliphatic heterocycles. The molecule has 2 fully saturated rings. The third-order valence-corrected chi connectivity index (χ3v) is 4.54. The topological polar surface area (TPSA) is 53.0 Å². The van der Waals surface area contributed by atoms with E-state index in [1.54, 1.807) is 0 Å². The van der Waals surface area contributed by atoms with E-state index in [1.165, 1.54) is 0 Å². The van der Waals surface area contributed by atoms with Crippen molar-refractivity contribution in [3.63, 3.8) is 0 Å². The molecule has 2 saturated heterocycles. The van der Waals surface area contributed by atoms with Crippen LogP contribution in [0.15, 0.2) is 0 Å². The Morgan fingerprint density at radius 1 is 1.25 bits per heavy atom. The normalized spacial score (nSPS) is 23.8. The van der Waals surface area contributed by atoms with E-state index in [2.05, 4.69) is 4.90 Å². The van der Waals surface area contributed by atoms with Gasteiger partial charge >= 0.3 is 0 Å². The summed E-state index contributed by atoms with van der Waals surface area (Å²) < 4.78 is 5.26. The first kappa shape index (κ1) is 15.7. The first-order valence-corrected chi connectivity index (χ1v) is 7.93. The second-order valence-corrected chi connectivity index (χ2v) is 6.02. The van der Waals surface area contributed by atoms with E-state index in [9.17, 15) is 9.90 Å². The number of piperidine rings is 1. The second-order valence-electron chi connectivity index (χ2n) is 6.02. The maximum atomic E-state index is 12.0. The molecule has 1 N–H and O–H groups in total. The quantitative estimate of drug-likeness (QED) is 0.808. The third kappa shape index (κ3) is 4.72. The highest BCUT2D eigenvalue weighted by Gasteiger charge is 2.22. The number of rotatable bonds is 5. The van der Waals surface area contributed by atoms with Gasteiger partial charge in [-0.05, 0) is 51.7 Å². The molecule has 0 aromatic rings. The molecule has 1 unspecified atom stereocenters. The molecular formula is C15H28N2O3. The van der Waals surface area contributed by atoms with Crippen molar-refractivity contribution in [1.29, 1.82) is 0 Å². The largest absolute Gasteiger partial charge is 0.393 e. The molecule has 0 spiro atoms. The molecule has 0 saturated carbocycles. The molecule has 0 radical (unpaired) electrons. The van der Waals surface area contributed by atoms with Gasteiger partial charge in [0, 0.05) is 19.5 Å². The molecule has 2 rings (SSSR count). The number of amides is 1. The van der Waals surface area contributed by atoms with Gasteiger partial charge in [-0.15, -0.1) is 0 Å². The summed E-state index contributed by atoms with van der Waals surface area (Å²) >= 11 is 0. The summed E-state index contributed by atoms with van der Waals surface area (Å²) in [7, 11) is 0. The number of hydrogen-bond acceptors (Lipinski definition) is 4. The van der Waals surface area contributed by atoms with E-state index < -0.39 is 0 Å². The van der Waals surface area contributed by atoms with Crippen LogP contribution >= 0.6 is 0 Å². The van der Waals surface area contributed by atoms with E-state index in [-0.39, 0.29) is 12.0 Å². The van der Waals surface area contributed by atoms with Gasteiger partial charge < -0.3 is 19.6 Å². The zero-order valence-corrected chi connectivity index (χ0v) is 12.6. The van der Waals surface area contributed by atoms with Crippen molar-refractivity contribution >= 4 is 5.91 Å². The fraction of sp³-hybridized carbons (Fsp3) is 0.933. The average Bonchev–Trinajstić information content (AvgIpc) is 2.48. The van der Waals surface area contributed by atoms with Crippen LogP contribution in [0.5, 0.6) is 0 Å². The molecule has 1 atom stereocenters. The predicted molar refractivity (Wildman–Crippen MR) is 77.5 cm³/mol. The zero-order chi connectivity index (χ0) is 14.4.